The van der Waals surface area contributed by atoms with Crippen molar-refractivity contribution in [2.45, 2.75) is 42.2 Å². The van der Waals surface area contributed by atoms with E-state index in [4.69, 9.17) is 4.74 Å². The first-order chi connectivity index (χ1) is 9.96. The van der Waals surface area contributed by atoms with E-state index in [1.54, 1.807) is 12.1 Å². The predicted octanol–water partition coefficient (Wildman–Crippen LogP) is 2.50. The Labute approximate surface area is 124 Å². The highest BCUT2D eigenvalue weighted by atomic mass is 32.2. The van der Waals surface area contributed by atoms with Crippen LogP contribution in [0.5, 0.6) is 5.75 Å². The van der Waals surface area contributed by atoms with Crippen molar-refractivity contribution < 1.29 is 23.1 Å². The number of sulfone groups is 1. The highest BCUT2D eigenvalue weighted by Gasteiger charge is 2.41. The van der Waals surface area contributed by atoms with Gasteiger partial charge in [-0.1, -0.05) is 25.3 Å². The summed E-state index contributed by atoms with van der Waals surface area (Å²) in [5, 5.41) is 8.07. The SMILES string of the molecule is COc1cccc(S(=O)(=O)C(C(=O)O)C2CCCCC2)c1. The number of aliphatic carboxylic acids is 1. The Balaban J connectivity index is 2.39. The third kappa shape index (κ3) is 3.37. The monoisotopic (exact) mass is 312 g/mol. The topological polar surface area (TPSA) is 80.7 Å². The van der Waals surface area contributed by atoms with Crippen molar-refractivity contribution >= 4 is 15.8 Å². The molecule has 0 aliphatic heterocycles. The van der Waals surface area contributed by atoms with Crippen LogP contribution in [0, 0.1) is 5.92 Å². The van der Waals surface area contributed by atoms with E-state index in [1.165, 1.54) is 19.2 Å². The molecular weight excluding hydrogens is 292 g/mol. The van der Waals surface area contributed by atoms with E-state index in [9.17, 15) is 18.3 Å². The van der Waals surface area contributed by atoms with E-state index in [0.29, 0.717) is 18.6 Å². The van der Waals surface area contributed by atoms with Crippen LogP contribution in [0.1, 0.15) is 32.1 Å². The van der Waals surface area contributed by atoms with Crippen LogP contribution in [-0.2, 0) is 14.6 Å². The van der Waals surface area contributed by atoms with Gasteiger partial charge >= 0.3 is 5.97 Å². The molecule has 0 aromatic heterocycles. The molecule has 0 bridgehead atoms. The number of carboxylic acid groups (broad SMARTS) is 1. The van der Waals surface area contributed by atoms with Crippen molar-refractivity contribution in [1.82, 2.24) is 0 Å². The molecule has 1 aromatic rings. The molecule has 1 unspecified atom stereocenters. The molecule has 0 radical (unpaired) electrons. The summed E-state index contributed by atoms with van der Waals surface area (Å²) in [4.78, 5) is 11.6. The van der Waals surface area contributed by atoms with Crippen LogP contribution in [0.2, 0.25) is 0 Å². The van der Waals surface area contributed by atoms with E-state index < -0.39 is 21.1 Å². The van der Waals surface area contributed by atoms with Crippen molar-refractivity contribution in [3.63, 3.8) is 0 Å². The summed E-state index contributed by atoms with van der Waals surface area (Å²) in [5.41, 5.74) is 0. The van der Waals surface area contributed by atoms with Gasteiger partial charge in [-0.15, -0.1) is 0 Å². The Morgan fingerprint density at radius 2 is 1.95 bits per heavy atom. The first kappa shape index (κ1) is 15.8. The van der Waals surface area contributed by atoms with Gasteiger partial charge in [0.1, 0.15) is 5.75 Å². The van der Waals surface area contributed by atoms with E-state index in [-0.39, 0.29) is 10.8 Å². The summed E-state index contributed by atoms with van der Waals surface area (Å²) < 4.78 is 30.4. The lowest BCUT2D eigenvalue weighted by molar-refractivity contribution is -0.137. The summed E-state index contributed by atoms with van der Waals surface area (Å²) in [6.07, 6.45) is 4.13. The molecule has 1 atom stereocenters. The molecule has 21 heavy (non-hydrogen) atoms. The molecule has 1 saturated carbocycles. The highest BCUT2D eigenvalue weighted by Crippen LogP contribution is 2.33. The number of hydrogen-bond donors (Lipinski definition) is 1. The smallest absolute Gasteiger partial charge is 0.322 e. The van der Waals surface area contributed by atoms with Crippen LogP contribution >= 0.6 is 0 Å². The molecule has 1 N–H and O–H groups in total. The van der Waals surface area contributed by atoms with Crippen molar-refractivity contribution in [3.8, 4) is 5.75 Å². The molecule has 116 valence electrons. The number of carboxylic acids is 1. The summed E-state index contributed by atoms with van der Waals surface area (Å²) in [6.45, 7) is 0. The maximum absolute atomic E-state index is 12.7. The van der Waals surface area contributed by atoms with Gasteiger partial charge in [0, 0.05) is 0 Å². The Kier molecular flexibility index (Phi) is 4.88. The number of methoxy groups -OCH3 is 1. The first-order valence-corrected chi connectivity index (χ1v) is 8.62. The van der Waals surface area contributed by atoms with Crippen molar-refractivity contribution in [2.24, 2.45) is 5.92 Å². The summed E-state index contributed by atoms with van der Waals surface area (Å²) in [7, 11) is -2.47. The summed E-state index contributed by atoms with van der Waals surface area (Å²) >= 11 is 0. The summed E-state index contributed by atoms with van der Waals surface area (Å²) in [6, 6.07) is 6.01. The van der Waals surface area contributed by atoms with Crippen molar-refractivity contribution in [1.29, 1.82) is 0 Å². The number of rotatable bonds is 5. The molecular formula is C15H20O5S. The van der Waals surface area contributed by atoms with E-state index in [1.807, 2.05) is 0 Å². The quantitative estimate of drug-likeness (QED) is 0.903. The Morgan fingerprint density at radius 3 is 2.52 bits per heavy atom. The van der Waals surface area contributed by atoms with Gasteiger partial charge in [-0.2, -0.15) is 0 Å². The fourth-order valence-corrected chi connectivity index (χ4v) is 4.84. The lowest BCUT2D eigenvalue weighted by Crippen LogP contribution is -2.38. The molecule has 1 fully saturated rings. The maximum Gasteiger partial charge on any atom is 0.322 e. The molecule has 0 amide bonds. The predicted molar refractivity (Wildman–Crippen MR) is 78.2 cm³/mol. The van der Waals surface area contributed by atoms with Gasteiger partial charge in [0.05, 0.1) is 12.0 Å². The van der Waals surface area contributed by atoms with Gasteiger partial charge in [-0.25, -0.2) is 8.42 Å². The van der Waals surface area contributed by atoms with Crippen LogP contribution in [-0.4, -0.2) is 31.9 Å². The fourth-order valence-electron chi connectivity index (χ4n) is 2.95. The van der Waals surface area contributed by atoms with Gasteiger partial charge in [-0.3, -0.25) is 4.79 Å². The van der Waals surface area contributed by atoms with Crippen LogP contribution in [0.3, 0.4) is 0 Å². The van der Waals surface area contributed by atoms with Crippen molar-refractivity contribution in [2.75, 3.05) is 7.11 Å². The van der Waals surface area contributed by atoms with Gasteiger partial charge in [0.15, 0.2) is 15.1 Å². The molecule has 0 saturated heterocycles. The molecule has 1 aliphatic rings. The second kappa shape index (κ2) is 6.47. The molecule has 0 heterocycles. The minimum atomic E-state index is -3.91. The van der Waals surface area contributed by atoms with Gasteiger partial charge in [0.2, 0.25) is 0 Å². The lowest BCUT2D eigenvalue weighted by atomic mass is 9.87. The fraction of sp³-hybridized carbons (Fsp3) is 0.533. The van der Waals surface area contributed by atoms with E-state index in [0.717, 1.165) is 19.3 Å². The van der Waals surface area contributed by atoms with E-state index >= 15 is 0 Å². The van der Waals surface area contributed by atoms with Gasteiger partial charge in [0.25, 0.3) is 0 Å². The van der Waals surface area contributed by atoms with Gasteiger partial charge < -0.3 is 9.84 Å². The molecule has 6 heteroatoms. The molecule has 5 nitrogen and oxygen atoms in total. The number of ether oxygens (including phenoxy) is 1. The van der Waals surface area contributed by atoms with Crippen LogP contribution in [0.25, 0.3) is 0 Å². The third-order valence-electron chi connectivity index (χ3n) is 4.03. The normalized spacial score (nSPS) is 18.1. The molecule has 2 rings (SSSR count). The van der Waals surface area contributed by atoms with Crippen molar-refractivity contribution in [3.05, 3.63) is 24.3 Å². The van der Waals surface area contributed by atoms with Gasteiger partial charge in [-0.05, 0) is 37.0 Å². The molecule has 1 aliphatic carbocycles. The van der Waals surface area contributed by atoms with Crippen LogP contribution < -0.4 is 4.74 Å². The Hall–Kier alpha value is -1.56. The van der Waals surface area contributed by atoms with Crippen LogP contribution in [0.4, 0.5) is 0 Å². The number of hydrogen-bond acceptors (Lipinski definition) is 4. The van der Waals surface area contributed by atoms with Crippen LogP contribution in [0.15, 0.2) is 29.2 Å². The zero-order valence-electron chi connectivity index (χ0n) is 12.0. The lowest BCUT2D eigenvalue weighted by Gasteiger charge is -2.27. The second-order valence-electron chi connectivity index (χ2n) is 5.38. The molecule has 0 spiro atoms. The second-order valence-corrected chi connectivity index (χ2v) is 7.45. The van der Waals surface area contributed by atoms with E-state index in [2.05, 4.69) is 0 Å². The first-order valence-electron chi connectivity index (χ1n) is 7.07. The summed E-state index contributed by atoms with van der Waals surface area (Å²) in [5.74, 6) is -1.17. The minimum Gasteiger partial charge on any atom is -0.497 e. The number of benzene rings is 1. The average molecular weight is 312 g/mol. The Morgan fingerprint density at radius 1 is 1.29 bits per heavy atom. The zero-order valence-corrected chi connectivity index (χ0v) is 12.8. The largest absolute Gasteiger partial charge is 0.497 e. The third-order valence-corrected chi connectivity index (χ3v) is 6.19. The minimum absolute atomic E-state index is 0.0137. The number of carbonyl (C=O) groups is 1. The Bertz CT molecular complexity index is 602. The highest BCUT2D eigenvalue weighted by molar-refractivity contribution is 7.92. The average Bonchev–Trinajstić information content (AvgIpc) is 2.48. The molecule has 1 aromatic carbocycles. The standard InChI is InChI=1S/C15H20O5S/c1-20-12-8-5-9-13(10-12)21(18,19)14(15(16)17)11-6-3-2-4-7-11/h5,8-11,14H,2-4,6-7H2,1H3,(H,16,17). The maximum atomic E-state index is 12.7. The zero-order chi connectivity index (χ0) is 15.5.